The summed E-state index contributed by atoms with van der Waals surface area (Å²) in [7, 11) is -3.25. The van der Waals surface area contributed by atoms with E-state index in [1.54, 1.807) is 24.3 Å². The first-order valence-corrected chi connectivity index (χ1v) is 8.54. The summed E-state index contributed by atoms with van der Waals surface area (Å²) in [6, 6.07) is 10.8. The summed E-state index contributed by atoms with van der Waals surface area (Å²) in [5.74, 6) is -0.366. The lowest BCUT2D eigenvalue weighted by Crippen LogP contribution is -2.24. The Hall–Kier alpha value is -1.59. The summed E-state index contributed by atoms with van der Waals surface area (Å²) in [6.07, 6.45) is 0.394. The number of rotatable bonds is 2. The van der Waals surface area contributed by atoms with Gasteiger partial charge < -0.3 is 5.32 Å². The van der Waals surface area contributed by atoms with Crippen LogP contribution in [0, 0.1) is 5.82 Å². The molecule has 0 aliphatic carbocycles. The van der Waals surface area contributed by atoms with Crippen LogP contribution in [0.5, 0.6) is 0 Å². The second kappa shape index (κ2) is 5.31. The molecule has 110 valence electrons. The van der Waals surface area contributed by atoms with Gasteiger partial charge in [0.15, 0.2) is 9.84 Å². The topological polar surface area (TPSA) is 46.2 Å². The maximum atomic E-state index is 13.8. The van der Waals surface area contributed by atoms with Crippen LogP contribution in [-0.2, 0) is 9.84 Å². The zero-order valence-electron chi connectivity index (χ0n) is 11.0. The van der Waals surface area contributed by atoms with Gasteiger partial charge in [0.25, 0.3) is 0 Å². The molecule has 0 spiro atoms. The number of hydrogen-bond donors (Lipinski definition) is 1. The second-order valence-electron chi connectivity index (χ2n) is 4.97. The maximum Gasteiger partial charge on any atom is 0.178 e. The summed E-state index contributed by atoms with van der Waals surface area (Å²) < 4.78 is 38.0. The molecule has 0 aromatic heterocycles. The van der Waals surface area contributed by atoms with E-state index < -0.39 is 15.7 Å². The minimum absolute atomic E-state index is 0.0455. The molecule has 0 bridgehead atoms. The zero-order valence-corrected chi connectivity index (χ0v) is 12.6. The fraction of sp³-hybridized carbons (Fsp3) is 0.200. The van der Waals surface area contributed by atoms with E-state index in [9.17, 15) is 12.8 Å². The number of halogens is 2. The van der Waals surface area contributed by atoms with Crippen LogP contribution in [0.2, 0.25) is 5.02 Å². The van der Waals surface area contributed by atoms with Crippen molar-refractivity contribution in [2.75, 3.05) is 11.1 Å². The third kappa shape index (κ3) is 2.76. The number of hydrogen-bond acceptors (Lipinski definition) is 3. The lowest BCUT2D eigenvalue weighted by Gasteiger charge is -2.27. The van der Waals surface area contributed by atoms with Crippen molar-refractivity contribution in [1.82, 2.24) is 0 Å². The van der Waals surface area contributed by atoms with E-state index in [4.69, 9.17) is 11.6 Å². The molecule has 1 N–H and O–H groups in total. The molecule has 2 aromatic rings. The summed E-state index contributed by atoms with van der Waals surface area (Å²) in [6.45, 7) is 0. The Labute approximate surface area is 127 Å². The summed E-state index contributed by atoms with van der Waals surface area (Å²) in [5.41, 5.74) is 0.949. The van der Waals surface area contributed by atoms with Crippen LogP contribution in [0.1, 0.15) is 18.0 Å². The molecule has 0 saturated carbocycles. The van der Waals surface area contributed by atoms with Gasteiger partial charge in [-0.2, -0.15) is 0 Å². The Kier molecular flexibility index (Phi) is 3.63. The Balaban J connectivity index is 1.99. The van der Waals surface area contributed by atoms with Gasteiger partial charge in [0, 0.05) is 5.02 Å². The lowest BCUT2D eigenvalue weighted by atomic mass is 10.0. The molecule has 1 aliphatic heterocycles. The molecule has 0 amide bonds. The summed E-state index contributed by atoms with van der Waals surface area (Å²) in [4.78, 5) is 0.316. The maximum absolute atomic E-state index is 13.8. The van der Waals surface area contributed by atoms with E-state index in [1.807, 2.05) is 0 Å². The predicted molar refractivity (Wildman–Crippen MR) is 80.9 cm³/mol. The Bertz CT molecular complexity index is 792. The number of nitrogens with one attached hydrogen (secondary N) is 1. The predicted octanol–water partition coefficient (Wildman–Crippen LogP) is 3.81. The first kappa shape index (κ1) is 14.4. The van der Waals surface area contributed by atoms with E-state index in [-0.39, 0.29) is 17.5 Å². The highest BCUT2D eigenvalue weighted by Crippen LogP contribution is 2.35. The van der Waals surface area contributed by atoms with E-state index in [2.05, 4.69) is 5.32 Å². The summed E-state index contributed by atoms with van der Waals surface area (Å²) in [5, 5.41) is 3.49. The quantitative estimate of drug-likeness (QED) is 0.913. The number of anilines is 1. The van der Waals surface area contributed by atoms with E-state index in [0.717, 1.165) is 0 Å². The van der Waals surface area contributed by atoms with Crippen molar-refractivity contribution in [3.05, 3.63) is 58.9 Å². The van der Waals surface area contributed by atoms with Crippen LogP contribution in [0.15, 0.2) is 47.4 Å². The molecule has 0 saturated heterocycles. The Morgan fingerprint density at radius 1 is 1.19 bits per heavy atom. The molecule has 0 fully saturated rings. The average Bonchev–Trinajstić information content (AvgIpc) is 2.46. The van der Waals surface area contributed by atoms with Crippen LogP contribution >= 0.6 is 11.6 Å². The van der Waals surface area contributed by atoms with E-state index >= 15 is 0 Å². The Morgan fingerprint density at radius 2 is 1.95 bits per heavy atom. The highest BCUT2D eigenvalue weighted by molar-refractivity contribution is 7.91. The molecule has 21 heavy (non-hydrogen) atoms. The molecular weight excluding hydrogens is 313 g/mol. The highest BCUT2D eigenvalue weighted by atomic mass is 35.5. The smallest absolute Gasteiger partial charge is 0.178 e. The molecule has 3 rings (SSSR count). The van der Waals surface area contributed by atoms with Gasteiger partial charge in [0.1, 0.15) is 5.82 Å². The minimum Gasteiger partial charge on any atom is -0.376 e. The zero-order chi connectivity index (χ0) is 15.0. The van der Waals surface area contributed by atoms with Gasteiger partial charge in [-0.1, -0.05) is 29.8 Å². The fourth-order valence-electron chi connectivity index (χ4n) is 2.54. The van der Waals surface area contributed by atoms with Crippen molar-refractivity contribution in [3.8, 4) is 0 Å². The third-order valence-corrected chi connectivity index (χ3v) is 5.61. The van der Waals surface area contributed by atoms with Crippen molar-refractivity contribution in [2.45, 2.75) is 17.4 Å². The highest BCUT2D eigenvalue weighted by Gasteiger charge is 2.30. The molecule has 3 nitrogen and oxygen atoms in total. The van der Waals surface area contributed by atoms with Gasteiger partial charge in [0.2, 0.25) is 0 Å². The van der Waals surface area contributed by atoms with Crippen LogP contribution in [-0.4, -0.2) is 14.2 Å². The first-order valence-electron chi connectivity index (χ1n) is 6.51. The van der Waals surface area contributed by atoms with Crippen LogP contribution < -0.4 is 5.32 Å². The third-order valence-electron chi connectivity index (χ3n) is 3.56. The second-order valence-corrected chi connectivity index (χ2v) is 7.48. The summed E-state index contributed by atoms with van der Waals surface area (Å²) >= 11 is 5.88. The molecule has 1 aliphatic rings. The first-order chi connectivity index (χ1) is 9.97. The number of fused-ring (bicyclic) bond motifs is 1. The van der Waals surface area contributed by atoms with Gasteiger partial charge in [-0.15, -0.1) is 0 Å². The molecule has 2 aromatic carbocycles. The van der Waals surface area contributed by atoms with Gasteiger partial charge in [0.05, 0.1) is 22.4 Å². The fourth-order valence-corrected chi connectivity index (χ4v) is 4.33. The van der Waals surface area contributed by atoms with Gasteiger partial charge in [-0.25, -0.2) is 12.8 Å². The molecule has 1 unspecified atom stereocenters. The van der Waals surface area contributed by atoms with Gasteiger partial charge >= 0.3 is 0 Å². The Morgan fingerprint density at radius 3 is 2.76 bits per heavy atom. The van der Waals surface area contributed by atoms with Gasteiger partial charge in [-0.05, 0) is 36.2 Å². The molecule has 1 atom stereocenters. The molecule has 1 heterocycles. The van der Waals surface area contributed by atoms with Crippen molar-refractivity contribution >= 4 is 27.1 Å². The molecular formula is C15H13ClFNO2S. The number of benzene rings is 2. The van der Waals surface area contributed by atoms with Crippen molar-refractivity contribution in [2.24, 2.45) is 0 Å². The minimum atomic E-state index is -3.25. The standard InChI is InChI=1S/C15H13ClFNO2S/c16-10-5-6-12(17)14(9-10)18-13-7-8-21(19,20)15-4-2-1-3-11(13)15/h1-6,9,13,18H,7-8H2. The van der Waals surface area contributed by atoms with E-state index in [1.165, 1.54) is 18.2 Å². The van der Waals surface area contributed by atoms with Crippen molar-refractivity contribution in [1.29, 1.82) is 0 Å². The number of sulfone groups is 1. The average molecular weight is 326 g/mol. The van der Waals surface area contributed by atoms with Crippen molar-refractivity contribution in [3.63, 3.8) is 0 Å². The molecule has 6 heteroatoms. The van der Waals surface area contributed by atoms with Gasteiger partial charge in [-0.3, -0.25) is 0 Å². The van der Waals surface area contributed by atoms with Crippen molar-refractivity contribution < 1.29 is 12.8 Å². The van der Waals surface area contributed by atoms with E-state index in [0.29, 0.717) is 21.9 Å². The normalized spacial score (nSPS) is 19.8. The van der Waals surface area contributed by atoms with Crippen LogP contribution in [0.4, 0.5) is 10.1 Å². The lowest BCUT2D eigenvalue weighted by molar-refractivity contribution is 0.574. The van der Waals surface area contributed by atoms with Crippen LogP contribution in [0.25, 0.3) is 0 Å². The SMILES string of the molecule is O=S1(=O)CCC(Nc2cc(Cl)ccc2F)c2ccccc21. The van der Waals surface area contributed by atoms with Crippen LogP contribution in [0.3, 0.4) is 0 Å². The largest absolute Gasteiger partial charge is 0.376 e. The monoisotopic (exact) mass is 325 g/mol. The molecule has 0 radical (unpaired) electrons.